The first kappa shape index (κ1) is 12.4. The third-order valence-corrected chi connectivity index (χ3v) is 3.41. The van der Waals surface area contributed by atoms with Crippen LogP contribution in [0.5, 0.6) is 0 Å². The van der Waals surface area contributed by atoms with Gasteiger partial charge in [0.25, 0.3) is 0 Å². The SMILES string of the molecule is CC(Nc1ccnc(Cl)c1)c1ccccc1Br. The van der Waals surface area contributed by atoms with Gasteiger partial charge in [0.05, 0.1) is 0 Å². The summed E-state index contributed by atoms with van der Waals surface area (Å²) >= 11 is 9.39. The third-order valence-electron chi connectivity index (χ3n) is 2.48. The van der Waals surface area contributed by atoms with Crippen LogP contribution < -0.4 is 5.32 Å². The van der Waals surface area contributed by atoms with Crippen LogP contribution in [0.25, 0.3) is 0 Å². The monoisotopic (exact) mass is 310 g/mol. The highest BCUT2D eigenvalue weighted by Crippen LogP contribution is 2.26. The molecule has 17 heavy (non-hydrogen) atoms. The summed E-state index contributed by atoms with van der Waals surface area (Å²) in [7, 11) is 0. The summed E-state index contributed by atoms with van der Waals surface area (Å²) in [5, 5.41) is 3.88. The average molecular weight is 312 g/mol. The standard InChI is InChI=1S/C13H12BrClN2/c1-9(11-4-2-3-5-12(11)14)17-10-6-7-16-13(15)8-10/h2-9H,1H3,(H,16,17). The first-order valence-corrected chi connectivity index (χ1v) is 6.46. The van der Waals surface area contributed by atoms with Crippen LogP contribution in [0.15, 0.2) is 47.1 Å². The van der Waals surface area contributed by atoms with Crippen molar-refractivity contribution in [3.05, 3.63) is 57.8 Å². The van der Waals surface area contributed by atoms with E-state index >= 15 is 0 Å². The van der Waals surface area contributed by atoms with Crippen molar-refractivity contribution in [2.45, 2.75) is 13.0 Å². The fourth-order valence-electron chi connectivity index (χ4n) is 1.65. The highest BCUT2D eigenvalue weighted by molar-refractivity contribution is 9.10. The molecule has 0 aliphatic heterocycles. The van der Waals surface area contributed by atoms with Gasteiger partial charge in [0.1, 0.15) is 5.15 Å². The maximum absolute atomic E-state index is 5.85. The first-order valence-electron chi connectivity index (χ1n) is 5.29. The van der Waals surface area contributed by atoms with E-state index in [0.717, 1.165) is 10.2 Å². The van der Waals surface area contributed by atoms with Gasteiger partial charge in [-0.3, -0.25) is 0 Å². The number of nitrogens with zero attached hydrogens (tertiary/aromatic N) is 1. The smallest absolute Gasteiger partial charge is 0.131 e. The van der Waals surface area contributed by atoms with Crippen LogP contribution in [0.1, 0.15) is 18.5 Å². The molecule has 1 atom stereocenters. The van der Waals surface area contributed by atoms with Crippen molar-refractivity contribution in [3.63, 3.8) is 0 Å². The number of halogens is 2. The number of nitrogens with one attached hydrogen (secondary N) is 1. The fraction of sp³-hybridized carbons (Fsp3) is 0.154. The van der Waals surface area contributed by atoms with Gasteiger partial charge in [-0.05, 0) is 30.7 Å². The molecule has 1 heterocycles. The van der Waals surface area contributed by atoms with E-state index in [1.165, 1.54) is 5.56 Å². The van der Waals surface area contributed by atoms with Gasteiger partial charge in [0.2, 0.25) is 0 Å². The summed E-state index contributed by atoms with van der Waals surface area (Å²) in [5.74, 6) is 0. The van der Waals surface area contributed by atoms with E-state index in [0.29, 0.717) is 5.15 Å². The number of anilines is 1. The minimum Gasteiger partial charge on any atom is -0.378 e. The van der Waals surface area contributed by atoms with Gasteiger partial charge < -0.3 is 5.32 Å². The quantitative estimate of drug-likeness (QED) is 0.833. The molecule has 88 valence electrons. The topological polar surface area (TPSA) is 24.9 Å². The highest BCUT2D eigenvalue weighted by atomic mass is 79.9. The summed E-state index contributed by atoms with van der Waals surface area (Å²) in [6.45, 7) is 2.11. The number of hydrogen-bond acceptors (Lipinski definition) is 2. The first-order chi connectivity index (χ1) is 8.16. The van der Waals surface area contributed by atoms with E-state index in [4.69, 9.17) is 11.6 Å². The molecule has 2 rings (SSSR count). The summed E-state index contributed by atoms with van der Waals surface area (Å²) in [6, 6.07) is 12.1. The normalized spacial score (nSPS) is 12.2. The molecule has 1 unspecified atom stereocenters. The Morgan fingerprint density at radius 1 is 1.29 bits per heavy atom. The maximum atomic E-state index is 5.85. The van der Waals surface area contributed by atoms with Gasteiger partial charge in [-0.1, -0.05) is 45.7 Å². The van der Waals surface area contributed by atoms with Crippen molar-refractivity contribution in [2.24, 2.45) is 0 Å². The largest absolute Gasteiger partial charge is 0.378 e. The molecule has 0 spiro atoms. The van der Waals surface area contributed by atoms with Crippen LogP contribution in [0, 0.1) is 0 Å². The molecule has 0 radical (unpaired) electrons. The molecule has 2 nitrogen and oxygen atoms in total. The van der Waals surface area contributed by atoms with Crippen LogP contribution in [-0.2, 0) is 0 Å². The Morgan fingerprint density at radius 3 is 2.76 bits per heavy atom. The number of rotatable bonds is 3. The average Bonchev–Trinajstić information content (AvgIpc) is 2.29. The zero-order valence-corrected chi connectivity index (χ0v) is 11.7. The van der Waals surface area contributed by atoms with Gasteiger partial charge in [-0.2, -0.15) is 0 Å². The lowest BCUT2D eigenvalue weighted by atomic mass is 10.1. The van der Waals surface area contributed by atoms with Crippen molar-refractivity contribution < 1.29 is 0 Å². The van der Waals surface area contributed by atoms with Crippen LogP contribution in [0.3, 0.4) is 0 Å². The van der Waals surface area contributed by atoms with Gasteiger partial charge >= 0.3 is 0 Å². The Kier molecular flexibility index (Phi) is 4.02. The summed E-state index contributed by atoms with van der Waals surface area (Å²) in [4.78, 5) is 3.95. The van der Waals surface area contributed by atoms with Gasteiger partial charge in [-0.15, -0.1) is 0 Å². The van der Waals surface area contributed by atoms with Gasteiger partial charge in [-0.25, -0.2) is 4.98 Å². The predicted octanol–water partition coefficient (Wildman–Crippen LogP) is 4.67. The minimum absolute atomic E-state index is 0.198. The van der Waals surface area contributed by atoms with Crippen LogP contribution in [0.4, 0.5) is 5.69 Å². The predicted molar refractivity (Wildman–Crippen MR) is 75.4 cm³/mol. The number of hydrogen-bond donors (Lipinski definition) is 1. The Morgan fingerprint density at radius 2 is 2.06 bits per heavy atom. The molecule has 0 saturated heterocycles. The van der Waals surface area contributed by atoms with E-state index in [9.17, 15) is 0 Å². The van der Waals surface area contributed by atoms with Crippen molar-refractivity contribution in [3.8, 4) is 0 Å². The van der Waals surface area contributed by atoms with E-state index in [-0.39, 0.29) is 6.04 Å². The second kappa shape index (κ2) is 5.52. The zero-order valence-electron chi connectivity index (χ0n) is 9.32. The number of benzene rings is 1. The molecular formula is C13H12BrClN2. The van der Waals surface area contributed by atoms with Crippen molar-refractivity contribution in [2.75, 3.05) is 5.32 Å². The second-order valence-electron chi connectivity index (χ2n) is 3.75. The molecular weight excluding hydrogens is 300 g/mol. The van der Waals surface area contributed by atoms with Crippen molar-refractivity contribution in [1.82, 2.24) is 4.98 Å². The molecule has 0 aliphatic rings. The molecule has 0 bridgehead atoms. The molecule has 2 aromatic rings. The number of pyridine rings is 1. The third kappa shape index (κ3) is 3.20. The van der Waals surface area contributed by atoms with Gasteiger partial charge in [0.15, 0.2) is 0 Å². The van der Waals surface area contributed by atoms with Crippen LogP contribution >= 0.6 is 27.5 Å². The van der Waals surface area contributed by atoms with E-state index < -0.39 is 0 Å². The Balaban J connectivity index is 2.17. The van der Waals surface area contributed by atoms with E-state index in [2.05, 4.69) is 39.2 Å². The molecule has 0 aliphatic carbocycles. The van der Waals surface area contributed by atoms with E-state index in [1.807, 2.05) is 30.3 Å². The molecule has 4 heteroatoms. The Hall–Kier alpha value is -1.06. The highest BCUT2D eigenvalue weighted by Gasteiger charge is 2.08. The lowest BCUT2D eigenvalue weighted by molar-refractivity contribution is 0.878. The Labute approximate surface area is 114 Å². The lowest BCUT2D eigenvalue weighted by Crippen LogP contribution is -2.07. The fourth-order valence-corrected chi connectivity index (χ4v) is 2.45. The lowest BCUT2D eigenvalue weighted by Gasteiger charge is -2.17. The summed E-state index contributed by atoms with van der Waals surface area (Å²) in [5.41, 5.74) is 2.17. The van der Waals surface area contributed by atoms with Crippen molar-refractivity contribution in [1.29, 1.82) is 0 Å². The van der Waals surface area contributed by atoms with Crippen LogP contribution in [-0.4, -0.2) is 4.98 Å². The molecule has 1 N–H and O–H groups in total. The molecule has 0 fully saturated rings. The molecule has 0 saturated carbocycles. The minimum atomic E-state index is 0.198. The molecule has 0 amide bonds. The second-order valence-corrected chi connectivity index (χ2v) is 5.00. The van der Waals surface area contributed by atoms with Crippen LogP contribution in [0.2, 0.25) is 5.15 Å². The maximum Gasteiger partial charge on any atom is 0.131 e. The summed E-state index contributed by atoms with van der Waals surface area (Å²) in [6.07, 6.45) is 1.69. The van der Waals surface area contributed by atoms with E-state index in [1.54, 1.807) is 6.20 Å². The number of aromatic nitrogens is 1. The molecule has 1 aromatic carbocycles. The Bertz CT molecular complexity index is 516. The molecule has 1 aromatic heterocycles. The van der Waals surface area contributed by atoms with Gasteiger partial charge in [0, 0.05) is 22.4 Å². The summed E-state index contributed by atoms with van der Waals surface area (Å²) < 4.78 is 1.10. The zero-order chi connectivity index (χ0) is 12.3. The van der Waals surface area contributed by atoms with Crippen molar-refractivity contribution >= 4 is 33.2 Å².